The first kappa shape index (κ1) is 25.3. The van der Waals surface area contributed by atoms with Gasteiger partial charge in [0, 0.05) is 11.1 Å². The number of carbonyl (C=O) groups is 2. The lowest BCUT2D eigenvalue weighted by atomic mass is 9.98. The summed E-state index contributed by atoms with van der Waals surface area (Å²) in [7, 11) is 1.61. The fraction of sp³-hybridized carbons (Fsp3) is 0.200. The van der Waals surface area contributed by atoms with Crippen molar-refractivity contribution in [2.45, 2.75) is 19.3 Å². The Morgan fingerprint density at radius 1 is 0.625 bits per heavy atom. The van der Waals surface area contributed by atoms with Crippen LogP contribution in [0, 0.1) is 0 Å². The third-order valence-electron chi connectivity index (χ3n) is 5.02. The van der Waals surface area contributed by atoms with Gasteiger partial charge < -0.3 is 4.74 Å². The standard InChI is InChI=1S/C25H20Br4O3/c1-32-19-13-11-16(12-14-19)21(27)23(29)25(31)18-9-7-17(8-10-18)24(30)22(28)20(26)15-5-3-2-4-6-15/h2-14,20-23H,1H3. The average molecular weight is 688 g/mol. The van der Waals surface area contributed by atoms with Crippen molar-refractivity contribution in [3.63, 3.8) is 0 Å². The molecule has 0 radical (unpaired) electrons. The van der Waals surface area contributed by atoms with Crippen molar-refractivity contribution in [1.29, 1.82) is 0 Å². The van der Waals surface area contributed by atoms with E-state index in [1.807, 2.05) is 54.6 Å². The molecule has 0 spiro atoms. The van der Waals surface area contributed by atoms with Crippen molar-refractivity contribution in [1.82, 2.24) is 0 Å². The van der Waals surface area contributed by atoms with E-state index in [9.17, 15) is 9.59 Å². The number of ether oxygens (including phenoxy) is 1. The van der Waals surface area contributed by atoms with Crippen LogP contribution in [0.2, 0.25) is 0 Å². The summed E-state index contributed by atoms with van der Waals surface area (Å²) in [4.78, 5) is 24.6. The van der Waals surface area contributed by atoms with Crippen molar-refractivity contribution in [3.05, 3.63) is 101 Å². The lowest BCUT2D eigenvalue weighted by Gasteiger charge is -2.18. The quantitative estimate of drug-likeness (QED) is 0.170. The van der Waals surface area contributed by atoms with E-state index in [0.717, 1.165) is 16.9 Å². The highest BCUT2D eigenvalue weighted by Crippen LogP contribution is 2.35. The van der Waals surface area contributed by atoms with E-state index in [2.05, 4.69) is 63.7 Å². The zero-order valence-electron chi connectivity index (χ0n) is 17.1. The van der Waals surface area contributed by atoms with Crippen molar-refractivity contribution < 1.29 is 14.3 Å². The highest BCUT2D eigenvalue weighted by molar-refractivity contribution is 9.12. The molecule has 0 saturated carbocycles. The SMILES string of the molecule is COc1ccc(C(Br)C(Br)C(=O)c2ccc(C(=O)C(Br)C(Br)c3ccccc3)cc2)cc1. The Hall–Kier alpha value is -1.28. The normalized spacial score (nSPS) is 14.8. The zero-order chi connectivity index (χ0) is 23.3. The highest BCUT2D eigenvalue weighted by atomic mass is 79.9. The number of ketones is 2. The van der Waals surface area contributed by atoms with E-state index < -0.39 is 9.65 Å². The molecule has 0 heterocycles. The van der Waals surface area contributed by atoms with Crippen LogP contribution in [0.25, 0.3) is 0 Å². The molecule has 0 aromatic heterocycles. The summed E-state index contributed by atoms with van der Waals surface area (Å²) in [6, 6.07) is 24.1. The van der Waals surface area contributed by atoms with Crippen LogP contribution in [0.3, 0.4) is 0 Å². The van der Waals surface area contributed by atoms with Crippen LogP contribution in [0.5, 0.6) is 5.75 Å². The van der Waals surface area contributed by atoms with Crippen LogP contribution in [-0.4, -0.2) is 28.3 Å². The van der Waals surface area contributed by atoms with Gasteiger partial charge in [-0.3, -0.25) is 9.59 Å². The average Bonchev–Trinajstić information content (AvgIpc) is 2.86. The Morgan fingerprint density at radius 3 is 1.44 bits per heavy atom. The summed E-state index contributed by atoms with van der Waals surface area (Å²) >= 11 is 14.3. The molecule has 7 heteroatoms. The molecule has 0 N–H and O–H groups in total. The summed E-state index contributed by atoms with van der Waals surface area (Å²) in [6.07, 6.45) is 0. The van der Waals surface area contributed by atoms with Gasteiger partial charge in [-0.2, -0.15) is 0 Å². The van der Waals surface area contributed by atoms with Gasteiger partial charge in [-0.25, -0.2) is 0 Å². The van der Waals surface area contributed by atoms with Crippen LogP contribution < -0.4 is 4.74 Å². The Morgan fingerprint density at radius 2 is 1.03 bits per heavy atom. The van der Waals surface area contributed by atoms with Gasteiger partial charge in [0.1, 0.15) is 5.75 Å². The molecule has 0 bridgehead atoms. The molecule has 0 aliphatic heterocycles. The Labute approximate surface area is 221 Å². The second-order valence-corrected chi connectivity index (χ2v) is 11.0. The van der Waals surface area contributed by atoms with Gasteiger partial charge in [0.05, 0.1) is 26.4 Å². The fourth-order valence-electron chi connectivity index (χ4n) is 3.15. The number of Topliss-reactive ketones (excluding diaryl/α,β-unsaturated/α-hetero) is 2. The molecule has 3 aromatic rings. The first-order chi connectivity index (χ1) is 15.3. The van der Waals surface area contributed by atoms with Gasteiger partial charge >= 0.3 is 0 Å². The van der Waals surface area contributed by atoms with E-state index in [-0.39, 0.29) is 21.2 Å². The van der Waals surface area contributed by atoms with E-state index >= 15 is 0 Å². The predicted molar refractivity (Wildman–Crippen MR) is 143 cm³/mol. The lowest BCUT2D eigenvalue weighted by Crippen LogP contribution is -2.21. The predicted octanol–water partition coefficient (Wildman–Crippen LogP) is 7.86. The summed E-state index contributed by atoms with van der Waals surface area (Å²) in [5, 5.41) is 0. The summed E-state index contributed by atoms with van der Waals surface area (Å²) < 4.78 is 5.19. The number of alkyl halides is 4. The number of carbonyl (C=O) groups excluding carboxylic acids is 2. The van der Waals surface area contributed by atoms with Gasteiger partial charge in [-0.05, 0) is 23.3 Å². The minimum absolute atomic E-state index is 0.0540. The second kappa shape index (κ2) is 11.7. The molecular formula is C25H20Br4O3. The zero-order valence-corrected chi connectivity index (χ0v) is 23.4. The maximum Gasteiger partial charge on any atom is 0.177 e. The maximum absolute atomic E-state index is 13.0. The molecule has 0 fully saturated rings. The Kier molecular flexibility index (Phi) is 9.29. The molecule has 3 rings (SSSR count). The largest absolute Gasteiger partial charge is 0.497 e. The van der Waals surface area contributed by atoms with Gasteiger partial charge in [0.15, 0.2) is 11.6 Å². The number of hydrogen-bond donors (Lipinski definition) is 0. The van der Waals surface area contributed by atoms with Crippen LogP contribution in [0.4, 0.5) is 0 Å². The summed E-state index contributed by atoms with van der Waals surface area (Å²) in [5.74, 6) is 0.635. The van der Waals surface area contributed by atoms with Gasteiger partial charge in [-0.1, -0.05) is 130 Å². The number of rotatable bonds is 9. The molecule has 0 aliphatic carbocycles. The van der Waals surface area contributed by atoms with Crippen LogP contribution >= 0.6 is 63.7 Å². The number of methoxy groups -OCH3 is 1. The monoisotopic (exact) mass is 684 g/mol. The smallest absolute Gasteiger partial charge is 0.177 e. The highest BCUT2D eigenvalue weighted by Gasteiger charge is 2.28. The molecule has 4 unspecified atom stereocenters. The molecule has 0 aliphatic rings. The van der Waals surface area contributed by atoms with Gasteiger partial charge in [-0.15, -0.1) is 0 Å². The topological polar surface area (TPSA) is 43.4 Å². The fourth-order valence-corrected chi connectivity index (χ4v) is 5.38. The van der Waals surface area contributed by atoms with Gasteiger partial charge in [0.25, 0.3) is 0 Å². The molecule has 166 valence electrons. The minimum atomic E-state index is -0.466. The molecule has 32 heavy (non-hydrogen) atoms. The minimum Gasteiger partial charge on any atom is -0.497 e. The first-order valence-corrected chi connectivity index (χ1v) is 13.4. The lowest BCUT2D eigenvalue weighted by molar-refractivity contribution is 0.0979. The van der Waals surface area contributed by atoms with Crippen molar-refractivity contribution >= 4 is 75.3 Å². The number of halogens is 4. The number of hydrogen-bond acceptors (Lipinski definition) is 3. The first-order valence-electron chi connectivity index (χ1n) is 9.77. The van der Waals surface area contributed by atoms with E-state index in [4.69, 9.17) is 4.74 Å². The Balaban J connectivity index is 1.69. The molecule has 3 aromatic carbocycles. The van der Waals surface area contributed by atoms with E-state index in [1.54, 1.807) is 31.4 Å². The van der Waals surface area contributed by atoms with Crippen LogP contribution in [-0.2, 0) is 0 Å². The van der Waals surface area contributed by atoms with Gasteiger partial charge in [0.2, 0.25) is 0 Å². The Bertz CT molecular complexity index is 1050. The van der Waals surface area contributed by atoms with Crippen LogP contribution in [0.15, 0.2) is 78.9 Å². The van der Waals surface area contributed by atoms with E-state index in [0.29, 0.717) is 11.1 Å². The van der Waals surface area contributed by atoms with Crippen LogP contribution in [0.1, 0.15) is 41.5 Å². The molecule has 3 nitrogen and oxygen atoms in total. The molecule has 0 saturated heterocycles. The van der Waals surface area contributed by atoms with Crippen molar-refractivity contribution in [2.24, 2.45) is 0 Å². The molecule has 4 atom stereocenters. The third kappa shape index (κ3) is 5.99. The van der Waals surface area contributed by atoms with Crippen molar-refractivity contribution in [2.75, 3.05) is 7.11 Å². The maximum atomic E-state index is 13.0. The van der Waals surface area contributed by atoms with E-state index in [1.165, 1.54) is 0 Å². The molecular weight excluding hydrogens is 668 g/mol. The summed E-state index contributed by atoms with van der Waals surface area (Å²) in [6.45, 7) is 0. The number of benzene rings is 3. The molecule has 0 amide bonds. The summed E-state index contributed by atoms with van der Waals surface area (Å²) in [5.41, 5.74) is 3.05. The second-order valence-electron chi connectivity index (χ2n) is 7.10. The van der Waals surface area contributed by atoms with Crippen molar-refractivity contribution in [3.8, 4) is 5.75 Å². The third-order valence-corrected chi connectivity index (χ3v) is 10.4.